The summed E-state index contributed by atoms with van der Waals surface area (Å²) in [5, 5.41) is 4.36. The predicted molar refractivity (Wildman–Crippen MR) is 117 cm³/mol. The van der Waals surface area contributed by atoms with Gasteiger partial charge in [-0.05, 0) is 60.6 Å². The van der Waals surface area contributed by atoms with Gasteiger partial charge in [0.2, 0.25) is 0 Å². The molecule has 4 heterocycles. The van der Waals surface area contributed by atoms with Crippen LogP contribution >= 0.6 is 0 Å². The van der Waals surface area contributed by atoms with Gasteiger partial charge >= 0.3 is 0 Å². The van der Waals surface area contributed by atoms with E-state index in [0.717, 1.165) is 24.7 Å². The molecule has 0 aliphatic carbocycles. The van der Waals surface area contributed by atoms with Gasteiger partial charge in [-0.25, -0.2) is 4.68 Å². The van der Waals surface area contributed by atoms with E-state index in [1.807, 2.05) is 23.1 Å². The Balaban J connectivity index is 1.28. The van der Waals surface area contributed by atoms with Crippen LogP contribution in [0.2, 0.25) is 0 Å². The van der Waals surface area contributed by atoms with Gasteiger partial charge in [0.05, 0.1) is 5.69 Å². The minimum Gasteiger partial charge on any atom is -0.297 e. The number of hydrogen-bond acceptors (Lipinski definition) is 3. The van der Waals surface area contributed by atoms with Crippen LogP contribution in [0.15, 0.2) is 67.0 Å². The largest absolute Gasteiger partial charge is 0.297 e. The fourth-order valence-corrected chi connectivity index (χ4v) is 5.08. The molecule has 4 heteroatoms. The summed E-state index contributed by atoms with van der Waals surface area (Å²) in [7, 11) is 0. The molecule has 0 amide bonds. The highest BCUT2D eigenvalue weighted by Gasteiger charge is 2.34. The average Bonchev–Trinajstić information content (AvgIpc) is 3.14. The van der Waals surface area contributed by atoms with Crippen LogP contribution in [0.4, 0.5) is 0 Å². The summed E-state index contributed by atoms with van der Waals surface area (Å²) < 4.78 is 1.93. The van der Waals surface area contributed by atoms with Crippen LogP contribution in [0.1, 0.15) is 29.5 Å². The standard InChI is InChI=1S/C25H30N4/c1-20-14-24(29-13-5-12-26-29)11-9-23(20)18-27-15-22-8-10-25(19-27)28(17-22)16-21-6-3-2-4-7-21/h2-7,9,11-14,22,25H,8,10,15-19H2,1H3. The number of nitrogens with zero attached hydrogens (tertiary/aromatic N) is 4. The number of fused-ring (bicyclic) bond motifs is 4. The number of benzene rings is 2. The van der Waals surface area contributed by atoms with E-state index in [9.17, 15) is 0 Å². The second kappa shape index (κ2) is 8.13. The van der Waals surface area contributed by atoms with E-state index in [2.05, 4.69) is 70.4 Å². The first-order chi connectivity index (χ1) is 14.2. The third kappa shape index (κ3) is 4.14. The molecule has 2 aromatic carbocycles. The van der Waals surface area contributed by atoms with Gasteiger partial charge in [-0.2, -0.15) is 5.10 Å². The van der Waals surface area contributed by atoms with E-state index in [-0.39, 0.29) is 0 Å². The zero-order chi connectivity index (χ0) is 19.6. The molecule has 2 atom stereocenters. The Labute approximate surface area is 173 Å². The topological polar surface area (TPSA) is 24.3 Å². The lowest BCUT2D eigenvalue weighted by atomic mass is 9.94. The molecule has 4 nitrogen and oxygen atoms in total. The average molecular weight is 387 g/mol. The molecule has 2 bridgehead atoms. The number of aryl methyl sites for hydroxylation is 1. The second-order valence-electron chi connectivity index (χ2n) is 8.77. The molecule has 6 rings (SSSR count). The molecule has 29 heavy (non-hydrogen) atoms. The molecule has 3 aliphatic rings. The normalized spacial score (nSPS) is 22.7. The fraction of sp³-hybridized carbons (Fsp3) is 0.400. The maximum absolute atomic E-state index is 4.36. The fourth-order valence-electron chi connectivity index (χ4n) is 5.08. The Hall–Kier alpha value is -2.43. The van der Waals surface area contributed by atoms with Crippen molar-refractivity contribution in [2.24, 2.45) is 5.92 Å². The zero-order valence-corrected chi connectivity index (χ0v) is 17.2. The van der Waals surface area contributed by atoms with Gasteiger partial charge in [-0.1, -0.05) is 36.4 Å². The maximum atomic E-state index is 4.36. The van der Waals surface area contributed by atoms with E-state index < -0.39 is 0 Å². The Kier molecular flexibility index (Phi) is 5.21. The molecular formula is C25H30N4. The first-order valence-corrected chi connectivity index (χ1v) is 10.8. The molecule has 3 fully saturated rings. The minimum atomic E-state index is 0.678. The molecule has 2 unspecified atom stereocenters. The summed E-state index contributed by atoms with van der Waals surface area (Å²) in [5.74, 6) is 0.793. The zero-order valence-electron chi connectivity index (χ0n) is 17.2. The molecule has 0 radical (unpaired) electrons. The van der Waals surface area contributed by atoms with Crippen molar-refractivity contribution in [2.45, 2.75) is 38.9 Å². The van der Waals surface area contributed by atoms with Crippen molar-refractivity contribution in [2.75, 3.05) is 19.6 Å². The monoisotopic (exact) mass is 386 g/mol. The molecule has 0 saturated carbocycles. The number of piperidine rings is 1. The Morgan fingerprint density at radius 1 is 0.931 bits per heavy atom. The highest BCUT2D eigenvalue weighted by molar-refractivity contribution is 5.39. The van der Waals surface area contributed by atoms with Crippen LogP contribution in [-0.2, 0) is 13.1 Å². The second-order valence-corrected chi connectivity index (χ2v) is 8.77. The first kappa shape index (κ1) is 18.6. The van der Waals surface area contributed by atoms with Crippen LogP contribution in [0.5, 0.6) is 0 Å². The van der Waals surface area contributed by atoms with Crippen molar-refractivity contribution >= 4 is 0 Å². The SMILES string of the molecule is Cc1cc(-n2cccn2)ccc1CN1CC2CCC(C1)N(Cc1ccccc1)C2. The van der Waals surface area contributed by atoms with Crippen LogP contribution in [0.3, 0.4) is 0 Å². The van der Waals surface area contributed by atoms with Crippen molar-refractivity contribution < 1.29 is 0 Å². The summed E-state index contributed by atoms with van der Waals surface area (Å²) in [5.41, 5.74) is 5.38. The van der Waals surface area contributed by atoms with Crippen molar-refractivity contribution in [1.29, 1.82) is 0 Å². The predicted octanol–water partition coefficient (Wildman–Crippen LogP) is 4.28. The Morgan fingerprint density at radius 3 is 2.62 bits per heavy atom. The Bertz CT molecular complexity index is 935. The molecule has 150 valence electrons. The number of rotatable bonds is 5. The van der Waals surface area contributed by atoms with Crippen molar-refractivity contribution in [3.05, 3.63) is 83.7 Å². The molecule has 1 aromatic heterocycles. The van der Waals surface area contributed by atoms with Gasteiger partial charge in [0.25, 0.3) is 0 Å². The quantitative estimate of drug-likeness (QED) is 0.654. The van der Waals surface area contributed by atoms with Gasteiger partial charge < -0.3 is 0 Å². The highest BCUT2D eigenvalue weighted by atomic mass is 15.3. The summed E-state index contributed by atoms with van der Waals surface area (Å²) >= 11 is 0. The molecule has 3 aliphatic heterocycles. The smallest absolute Gasteiger partial charge is 0.0648 e. The van der Waals surface area contributed by atoms with E-state index in [0.29, 0.717) is 6.04 Å². The van der Waals surface area contributed by atoms with E-state index >= 15 is 0 Å². The van der Waals surface area contributed by atoms with Gasteiger partial charge in [0.15, 0.2) is 0 Å². The third-order valence-electron chi connectivity index (χ3n) is 6.62. The van der Waals surface area contributed by atoms with Crippen molar-refractivity contribution in [1.82, 2.24) is 19.6 Å². The van der Waals surface area contributed by atoms with Crippen LogP contribution in [0.25, 0.3) is 5.69 Å². The van der Waals surface area contributed by atoms with E-state index in [4.69, 9.17) is 0 Å². The van der Waals surface area contributed by atoms with Gasteiger partial charge in [0.1, 0.15) is 0 Å². The van der Waals surface area contributed by atoms with Crippen LogP contribution in [-0.4, -0.2) is 45.3 Å². The third-order valence-corrected chi connectivity index (χ3v) is 6.62. The summed E-state index contributed by atoms with van der Waals surface area (Å²) in [4.78, 5) is 5.43. The molecule has 0 spiro atoms. The van der Waals surface area contributed by atoms with Crippen molar-refractivity contribution in [3.63, 3.8) is 0 Å². The van der Waals surface area contributed by atoms with Crippen LogP contribution < -0.4 is 0 Å². The maximum Gasteiger partial charge on any atom is 0.0648 e. The lowest BCUT2D eigenvalue weighted by Gasteiger charge is -2.36. The van der Waals surface area contributed by atoms with E-state index in [1.165, 1.54) is 49.2 Å². The lowest BCUT2D eigenvalue weighted by Crippen LogP contribution is -2.43. The van der Waals surface area contributed by atoms with Gasteiger partial charge in [0, 0.05) is 51.2 Å². The molecular weight excluding hydrogens is 356 g/mol. The number of hydrogen-bond donors (Lipinski definition) is 0. The molecule has 0 N–H and O–H groups in total. The van der Waals surface area contributed by atoms with Gasteiger partial charge in [-0.3, -0.25) is 9.80 Å². The van der Waals surface area contributed by atoms with Crippen LogP contribution in [0, 0.1) is 12.8 Å². The summed E-state index contributed by atoms with van der Waals surface area (Å²) in [6.45, 7) is 8.03. The Morgan fingerprint density at radius 2 is 1.83 bits per heavy atom. The van der Waals surface area contributed by atoms with Crippen molar-refractivity contribution in [3.8, 4) is 5.69 Å². The summed E-state index contributed by atoms with van der Waals surface area (Å²) in [6, 6.07) is 20.4. The highest BCUT2D eigenvalue weighted by Crippen LogP contribution is 2.30. The van der Waals surface area contributed by atoms with E-state index in [1.54, 1.807) is 0 Å². The lowest BCUT2D eigenvalue weighted by molar-refractivity contribution is 0.123. The molecule has 3 saturated heterocycles. The summed E-state index contributed by atoms with van der Waals surface area (Å²) in [6.07, 6.45) is 6.55. The molecule has 3 aromatic rings. The minimum absolute atomic E-state index is 0.678. The first-order valence-electron chi connectivity index (χ1n) is 10.8. The number of aromatic nitrogens is 2. The van der Waals surface area contributed by atoms with Gasteiger partial charge in [-0.15, -0.1) is 0 Å².